The summed E-state index contributed by atoms with van der Waals surface area (Å²) in [4.78, 5) is 16.0. The zero-order valence-electron chi connectivity index (χ0n) is 11.2. The molecular formula is C13H18ClN3O2. The Hall–Kier alpha value is -1.33. The van der Waals surface area contributed by atoms with Crippen LogP contribution in [-0.2, 0) is 4.74 Å². The average molecular weight is 284 g/mol. The van der Waals surface area contributed by atoms with Crippen LogP contribution in [0.1, 0.15) is 30.6 Å². The van der Waals surface area contributed by atoms with Crippen LogP contribution in [0.25, 0.3) is 0 Å². The van der Waals surface area contributed by atoms with Gasteiger partial charge in [-0.15, -0.1) is 0 Å². The fourth-order valence-corrected chi connectivity index (χ4v) is 2.64. The first-order valence-electron chi connectivity index (χ1n) is 6.11. The molecule has 0 spiro atoms. The number of hydrogen-bond acceptors (Lipinski definition) is 4. The standard InChI is InChI=1S/C13H18ClN3O2/c1-13(2)8(6-9(13)19-3)16-12(18)7-4-10(14)17-11(15)5-7/h4-5,8-9H,6H2,1-3H3,(H2,15,17)(H,16,18). The molecule has 2 atom stereocenters. The predicted molar refractivity (Wildman–Crippen MR) is 74.1 cm³/mol. The maximum atomic E-state index is 12.1. The van der Waals surface area contributed by atoms with Gasteiger partial charge in [-0.1, -0.05) is 25.4 Å². The van der Waals surface area contributed by atoms with Gasteiger partial charge >= 0.3 is 0 Å². The number of nitrogens with two attached hydrogens (primary N) is 1. The van der Waals surface area contributed by atoms with Crippen molar-refractivity contribution in [1.29, 1.82) is 0 Å². The molecule has 5 nitrogen and oxygen atoms in total. The first-order chi connectivity index (χ1) is 8.84. The molecule has 2 unspecified atom stereocenters. The van der Waals surface area contributed by atoms with Gasteiger partial charge in [-0.05, 0) is 18.6 Å². The normalized spacial score (nSPS) is 24.6. The van der Waals surface area contributed by atoms with E-state index in [1.54, 1.807) is 7.11 Å². The smallest absolute Gasteiger partial charge is 0.251 e. The van der Waals surface area contributed by atoms with Crippen molar-refractivity contribution in [1.82, 2.24) is 10.3 Å². The second-order valence-electron chi connectivity index (χ2n) is 5.41. The van der Waals surface area contributed by atoms with Crippen molar-refractivity contribution < 1.29 is 9.53 Å². The molecular weight excluding hydrogens is 266 g/mol. The molecule has 1 saturated carbocycles. The van der Waals surface area contributed by atoms with Crippen molar-refractivity contribution in [2.24, 2.45) is 5.41 Å². The van der Waals surface area contributed by atoms with E-state index in [1.165, 1.54) is 12.1 Å². The zero-order chi connectivity index (χ0) is 14.2. The Balaban J connectivity index is 2.06. The number of pyridine rings is 1. The number of nitrogens with one attached hydrogen (secondary N) is 1. The first kappa shape index (κ1) is 14.1. The molecule has 1 aromatic rings. The molecule has 104 valence electrons. The third-order valence-electron chi connectivity index (χ3n) is 3.84. The van der Waals surface area contributed by atoms with Crippen molar-refractivity contribution >= 4 is 23.3 Å². The van der Waals surface area contributed by atoms with Crippen LogP contribution in [-0.4, -0.2) is 30.1 Å². The highest BCUT2D eigenvalue weighted by Gasteiger charge is 2.49. The molecule has 3 N–H and O–H groups in total. The van der Waals surface area contributed by atoms with E-state index in [1.807, 2.05) is 0 Å². The summed E-state index contributed by atoms with van der Waals surface area (Å²) in [6, 6.07) is 3.10. The highest BCUT2D eigenvalue weighted by molar-refractivity contribution is 6.29. The van der Waals surface area contributed by atoms with E-state index in [0.29, 0.717) is 5.56 Å². The van der Waals surface area contributed by atoms with Gasteiger partial charge in [-0.25, -0.2) is 4.98 Å². The third kappa shape index (κ3) is 2.67. The summed E-state index contributed by atoms with van der Waals surface area (Å²) in [5.74, 6) is 0.0453. The summed E-state index contributed by atoms with van der Waals surface area (Å²) in [5, 5.41) is 3.20. The molecule has 0 aromatic carbocycles. The van der Waals surface area contributed by atoms with Crippen LogP contribution in [0.5, 0.6) is 0 Å². The molecule has 1 aliphatic carbocycles. The minimum absolute atomic E-state index is 0.0766. The number of hydrogen-bond donors (Lipinski definition) is 2. The molecule has 0 bridgehead atoms. The Morgan fingerprint density at radius 1 is 1.58 bits per heavy atom. The van der Waals surface area contributed by atoms with Crippen LogP contribution in [0.2, 0.25) is 5.15 Å². The number of nitrogens with zero attached hydrogens (tertiary/aromatic N) is 1. The zero-order valence-corrected chi connectivity index (χ0v) is 12.0. The number of amides is 1. The lowest BCUT2D eigenvalue weighted by molar-refractivity contribution is -0.0942. The molecule has 1 amide bonds. The van der Waals surface area contributed by atoms with E-state index in [0.717, 1.165) is 6.42 Å². The largest absolute Gasteiger partial charge is 0.384 e. The predicted octanol–water partition coefficient (Wildman–Crippen LogP) is 1.86. The lowest BCUT2D eigenvalue weighted by Gasteiger charge is -2.51. The van der Waals surface area contributed by atoms with E-state index in [9.17, 15) is 4.79 Å². The molecule has 1 aromatic heterocycles. The molecule has 19 heavy (non-hydrogen) atoms. The summed E-state index contributed by atoms with van der Waals surface area (Å²) < 4.78 is 5.35. The van der Waals surface area contributed by atoms with Crippen LogP contribution in [0, 0.1) is 5.41 Å². The number of methoxy groups -OCH3 is 1. The summed E-state index contributed by atoms with van der Waals surface area (Å²) in [6.07, 6.45) is 0.979. The summed E-state index contributed by atoms with van der Waals surface area (Å²) in [7, 11) is 1.69. The Labute approximate surface area is 117 Å². The van der Waals surface area contributed by atoms with Gasteiger partial charge in [0.2, 0.25) is 0 Å². The second-order valence-corrected chi connectivity index (χ2v) is 5.80. The number of carbonyl (C=O) groups excluding carboxylic acids is 1. The molecule has 1 fully saturated rings. The molecule has 6 heteroatoms. The van der Waals surface area contributed by atoms with Crippen LogP contribution in [0.3, 0.4) is 0 Å². The number of nitrogen functional groups attached to an aromatic ring is 1. The van der Waals surface area contributed by atoms with E-state index >= 15 is 0 Å². The van der Waals surface area contributed by atoms with E-state index < -0.39 is 0 Å². The Bertz CT molecular complexity index is 484. The van der Waals surface area contributed by atoms with Crippen molar-refractivity contribution in [3.8, 4) is 0 Å². The van der Waals surface area contributed by atoms with Crippen molar-refractivity contribution in [3.05, 3.63) is 22.8 Å². The van der Waals surface area contributed by atoms with E-state index in [2.05, 4.69) is 24.1 Å². The Morgan fingerprint density at radius 3 is 2.79 bits per heavy atom. The number of rotatable bonds is 3. The van der Waals surface area contributed by atoms with E-state index in [4.69, 9.17) is 22.1 Å². The maximum absolute atomic E-state index is 12.1. The lowest BCUT2D eigenvalue weighted by Crippen LogP contribution is -2.61. The maximum Gasteiger partial charge on any atom is 0.251 e. The minimum Gasteiger partial charge on any atom is -0.384 e. The van der Waals surface area contributed by atoms with Crippen molar-refractivity contribution in [2.75, 3.05) is 12.8 Å². The number of ether oxygens (including phenoxy) is 1. The van der Waals surface area contributed by atoms with Gasteiger partial charge in [-0.3, -0.25) is 4.79 Å². The molecule has 1 aliphatic rings. The SMILES string of the molecule is COC1CC(NC(=O)c2cc(N)nc(Cl)c2)C1(C)C. The quantitative estimate of drug-likeness (QED) is 0.830. The third-order valence-corrected chi connectivity index (χ3v) is 4.04. The molecule has 0 aliphatic heterocycles. The van der Waals surface area contributed by atoms with Gasteiger partial charge in [0, 0.05) is 24.1 Å². The number of carbonyl (C=O) groups is 1. The highest BCUT2D eigenvalue weighted by atomic mass is 35.5. The average Bonchev–Trinajstić information content (AvgIpc) is 2.32. The number of halogens is 1. The Kier molecular flexibility index (Phi) is 3.69. The highest BCUT2D eigenvalue weighted by Crippen LogP contribution is 2.42. The van der Waals surface area contributed by atoms with Gasteiger partial charge in [0.15, 0.2) is 0 Å². The summed E-state index contributed by atoms with van der Waals surface area (Å²) >= 11 is 5.79. The molecule has 1 heterocycles. The second kappa shape index (κ2) is 4.98. The summed E-state index contributed by atoms with van der Waals surface area (Å²) in [6.45, 7) is 4.15. The summed E-state index contributed by atoms with van der Waals surface area (Å²) in [5.41, 5.74) is 5.92. The van der Waals surface area contributed by atoms with Crippen LogP contribution < -0.4 is 11.1 Å². The molecule has 2 rings (SSSR count). The fraction of sp³-hybridized carbons (Fsp3) is 0.538. The van der Waals surface area contributed by atoms with Gasteiger partial charge in [0.05, 0.1) is 6.10 Å². The van der Waals surface area contributed by atoms with Crippen molar-refractivity contribution in [2.45, 2.75) is 32.4 Å². The monoisotopic (exact) mass is 283 g/mol. The number of aromatic nitrogens is 1. The topological polar surface area (TPSA) is 77.2 Å². The van der Waals surface area contributed by atoms with Crippen LogP contribution in [0.15, 0.2) is 12.1 Å². The van der Waals surface area contributed by atoms with Gasteiger partial charge in [0.25, 0.3) is 5.91 Å². The van der Waals surface area contributed by atoms with Gasteiger partial charge in [0.1, 0.15) is 11.0 Å². The lowest BCUT2D eigenvalue weighted by atomic mass is 9.64. The van der Waals surface area contributed by atoms with E-state index in [-0.39, 0.29) is 34.4 Å². The Morgan fingerprint density at radius 2 is 2.26 bits per heavy atom. The fourth-order valence-electron chi connectivity index (χ4n) is 2.42. The minimum atomic E-state index is -0.191. The van der Waals surface area contributed by atoms with Crippen LogP contribution in [0.4, 0.5) is 5.82 Å². The van der Waals surface area contributed by atoms with Crippen molar-refractivity contribution in [3.63, 3.8) is 0 Å². The number of anilines is 1. The van der Waals surface area contributed by atoms with Gasteiger partial charge < -0.3 is 15.8 Å². The van der Waals surface area contributed by atoms with Crippen LogP contribution >= 0.6 is 11.6 Å². The van der Waals surface area contributed by atoms with Gasteiger partial charge in [-0.2, -0.15) is 0 Å². The first-order valence-corrected chi connectivity index (χ1v) is 6.49. The molecule has 0 radical (unpaired) electrons. The molecule has 0 saturated heterocycles.